The molecule has 1 fully saturated rings. The molecule has 0 spiro atoms. The number of carbonyl (C=O) groups excluding carboxylic acids is 1. The molecule has 1 atom stereocenters. The van der Waals surface area contributed by atoms with E-state index in [-0.39, 0.29) is 11.9 Å². The van der Waals surface area contributed by atoms with Gasteiger partial charge in [-0.05, 0) is 30.9 Å². The summed E-state index contributed by atoms with van der Waals surface area (Å²) >= 11 is 0. The summed E-state index contributed by atoms with van der Waals surface area (Å²) in [4.78, 5) is 18.2. The SMILES string of the molecule is CNC(=O)C1CCCCN1c1cnccc1CN. The lowest BCUT2D eigenvalue weighted by Crippen LogP contribution is -2.49. The predicted molar refractivity (Wildman–Crippen MR) is 71.2 cm³/mol. The molecule has 1 aliphatic rings. The Morgan fingerprint density at radius 3 is 3.17 bits per heavy atom. The molecule has 0 saturated carbocycles. The van der Waals surface area contributed by atoms with E-state index in [1.54, 1.807) is 13.2 Å². The molecule has 18 heavy (non-hydrogen) atoms. The molecule has 5 heteroatoms. The number of nitrogens with zero attached hydrogens (tertiary/aromatic N) is 2. The van der Waals surface area contributed by atoms with Gasteiger partial charge < -0.3 is 16.0 Å². The van der Waals surface area contributed by atoms with Gasteiger partial charge in [0.1, 0.15) is 6.04 Å². The van der Waals surface area contributed by atoms with Crippen molar-refractivity contribution >= 4 is 11.6 Å². The molecule has 1 aromatic rings. The van der Waals surface area contributed by atoms with Gasteiger partial charge in [0.05, 0.1) is 11.9 Å². The van der Waals surface area contributed by atoms with Crippen LogP contribution in [0.4, 0.5) is 5.69 Å². The Bertz CT molecular complexity index is 421. The van der Waals surface area contributed by atoms with Gasteiger partial charge in [0.2, 0.25) is 5.91 Å². The minimum Gasteiger partial charge on any atom is -0.358 e. The quantitative estimate of drug-likeness (QED) is 0.823. The zero-order valence-electron chi connectivity index (χ0n) is 10.7. The Labute approximate surface area is 107 Å². The van der Waals surface area contributed by atoms with Crippen LogP contribution in [-0.2, 0) is 11.3 Å². The minimum atomic E-state index is -0.0988. The van der Waals surface area contributed by atoms with E-state index >= 15 is 0 Å². The fraction of sp³-hybridized carbons (Fsp3) is 0.538. The number of aromatic nitrogens is 1. The molecule has 1 aromatic heterocycles. The van der Waals surface area contributed by atoms with Crippen molar-refractivity contribution in [2.24, 2.45) is 5.73 Å². The summed E-state index contributed by atoms with van der Waals surface area (Å²) in [6, 6.07) is 1.82. The number of pyridine rings is 1. The van der Waals surface area contributed by atoms with Crippen molar-refractivity contribution in [3.8, 4) is 0 Å². The molecule has 3 N–H and O–H groups in total. The topological polar surface area (TPSA) is 71.2 Å². The van der Waals surface area contributed by atoms with Crippen LogP contribution in [0.25, 0.3) is 0 Å². The van der Waals surface area contributed by atoms with E-state index < -0.39 is 0 Å². The standard InChI is InChI=1S/C13H20N4O/c1-15-13(18)11-4-2-3-7-17(11)12-9-16-6-5-10(12)8-14/h5-6,9,11H,2-4,7-8,14H2,1H3,(H,15,18). The molecule has 0 aromatic carbocycles. The number of hydrogen-bond acceptors (Lipinski definition) is 4. The van der Waals surface area contributed by atoms with Crippen LogP contribution in [0.15, 0.2) is 18.5 Å². The monoisotopic (exact) mass is 248 g/mol. The van der Waals surface area contributed by atoms with Gasteiger partial charge in [0.25, 0.3) is 0 Å². The van der Waals surface area contributed by atoms with Gasteiger partial charge in [0.15, 0.2) is 0 Å². The highest BCUT2D eigenvalue weighted by Gasteiger charge is 2.29. The van der Waals surface area contributed by atoms with E-state index in [1.165, 1.54) is 0 Å². The number of hydrogen-bond donors (Lipinski definition) is 2. The van der Waals surface area contributed by atoms with Crippen LogP contribution in [-0.4, -0.2) is 30.5 Å². The molecular weight excluding hydrogens is 228 g/mol. The highest BCUT2D eigenvalue weighted by molar-refractivity contribution is 5.85. The van der Waals surface area contributed by atoms with Crippen molar-refractivity contribution in [3.63, 3.8) is 0 Å². The largest absolute Gasteiger partial charge is 0.358 e. The Morgan fingerprint density at radius 1 is 1.61 bits per heavy atom. The third kappa shape index (κ3) is 2.46. The van der Waals surface area contributed by atoms with Gasteiger partial charge in [-0.3, -0.25) is 9.78 Å². The molecule has 98 valence electrons. The number of rotatable bonds is 3. The molecule has 2 rings (SSSR count). The maximum Gasteiger partial charge on any atom is 0.242 e. The van der Waals surface area contributed by atoms with Gasteiger partial charge in [-0.1, -0.05) is 0 Å². The van der Waals surface area contributed by atoms with Gasteiger partial charge >= 0.3 is 0 Å². The average Bonchev–Trinajstić information content (AvgIpc) is 2.46. The molecule has 1 amide bonds. The van der Waals surface area contributed by atoms with Crippen LogP contribution in [0.5, 0.6) is 0 Å². The van der Waals surface area contributed by atoms with E-state index in [1.807, 2.05) is 12.3 Å². The summed E-state index contributed by atoms with van der Waals surface area (Å²) in [6.07, 6.45) is 6.63. The number of anilines is 1. The van der Waals surface area contributed by atoms with Crippen LogP contribution in [0.1, 0.15) is 24.8 Å². The Morgan fingerprint density at radius 2 is 2.44 bits per heavy atom. The van der Waals surface area contributed by atoms with Crippen molar-refractivity contribution in [1.29, 1.82) is 0 Å². The first-order chi connectivity index (χ1) is 8.77. The van der Waals surface area contributed by atoms with Crippen LogP contribution in [0.3, 0.4) is 0 Å². The maximum absolute atomic E-state index is 11.9. The normalized spacial score (nSPS) is 19.7. The Balaban J connectivity index is 2.30. The average molecular weight is 248 g/mol. The Kier molecular flexibility index (Phi) is 4.15. The van der Waals surface area contributed by atoms with E-state index in [0.29, 0.717) is 6.54 Å². The Hall–Kier alpha value is -1.62. The molecule has 1 aliphatic heterocycles. The van der Waals surface area contributed by atoms with Crippen molar-refractivity contribution < 1.29 is 4.79 Å². The smallest absolute Gasteiger partial charge is 0.242 e. The lowest BCUT2D eigenvalue weighted by molar-refractivity contribution is -0.122. The van der Waals surface area contributed by atoms with Crippen molar-refractivity contribution in [3.05, 3.63) is 24.0 Å². The molecule has 0 aliphatic carbocycles. The molecule has 5 nitrogen and oxygen atoms in total. The second kappa shape index (κ2) is 5.82. The zero-order valence-corrected chi connectivity index (χ0v) is 10.7. The van der Waals surface area contributed by atoms with Crippen LogP contribution >= 0.6 is 0 Å². The lowest BCUT2D eigenvalue weighted by Gasteiger charge is -2.37. The molecular formula is C13H20N4O. The van der Waals surface area contributed by atoms with E-state index in [2.05, 4.69) is 15.2 Å². The first-order valence-electron chi connectivity index (χ1n) is 6.39. The van der Waals surface area contributed by atoms with Crippen LogP contribution < -0.4 is 16.0 Å². The molecule has 1 saturated heterocycles. The van der Waals surface area contributed by atoms with Gasteiger partial charge in [-0.2, -0.15) is 0 Å². The third-order valence-electron chi connectivity index (χ3n) is 3.47. The second-order valence-corrected chi connectivity index (χ2v) is 4.53. The van der Waals surface area contributed by atoms with Crippen molar-refractivity contribution in [1.82, 2.24) is 10.3 Å². The van der Waals surface area contributed by atoms with Crippen molar-refractivity contribution in [2.75, 3.05) is 18.5 Å². The maximum atomic E-state index is 11.9. The van der Waals surface area contributed by atoms with E-state index in [4.69, 9.17) is 5.73 Å². The summed E-state index contributed by atoms with van der Waals surface area (Å²) in [5.74, 6) is 0.0709. The summed E-state index contributed by atoms with van der Waals surface area (Å²) in [5.41, 5.74) is 7.79. The molecule has 0 radical (unpaired) electrons. The third-order valence-corrected chi connectivity index (χ3v) is 3.47. The van der Waals surface area contributed by atoms with Crippen LogP contribution in [0.2, 0.25) is 0 Å². The van der Waals surface area contributed by atoms with Crippen molar-refractivity contribution in [2.45, 2.75) is 31.8 Å². The fourth-order valence-corrected chi connectivity index (χ4v) is 2.51. The highest BCUT2D eigenvalue weighted by Crippen LogP contribution is 2.27. The van der Waals surface area contributed by atoms with E-state index in [9.17, 15) is 4.79 Å². The zero-order chi connectivity index (χ0) is 13.0. The summed E-state index contributed by atoms with van der Waals surface area (Å²) in [6.45, 7) is 1.35. The summed E-state index contributed by atoms with van der Waals surface area (Å²) in [5, 5.41) is 2.74. The number of nitrogens with one attached hydrogen (secondary N) is 1. The first kappa shape index (κ1) is 12.8. The summed E-state index contributed by atoms with van der Waals surface area (Å²) in [7, 11) is 1.68. The number of piperidine rings is 1. The number of carbonyl (C=O) groups is 1. The second-order valence-electron chi connectivity index (χ2n) is 4.53. The van der Waals surface area contributed by atoms with Gasteiger partial charge in [0, 0.05) is 26.3 Å². The van der Waals surface area contributed by atoms with E-state index in [0.717, 1.165) is 37.1 Å². The number of nitrogens with two attached hydrogens (primary N) is 1. The number of likely N-dealkylation sites (N-methyl/N-ethyl adjacent to an activating group) is 1. The fourth-order valence-electron chi connectivity index (χ4n) is 2.51. The number of amides is 1. The first-order valence-corrected chi connectivity index (χ1v) is 6.39. The van der Waals surface area contributed by atoms with Gasteiger partial charge in [-0.25, -0.2) is 0 Å². The van der Waals surface area contributed by atoms with Crippen LogP contribution in [0, 0.1) is 0 Å². The molecule has 2 heterocycles. The molecule has 1 unspecified atom stereocenters. The molecule has 0 bridgehead atoms. The van der Waals surface area contributed by atoms with Gasteiger partial charge in [-0.15, -0.1) is 0 Å². The summed E-state index contributed by atoms with van der Waals surface area (Å²) < 4.78 is 0. The minimum absolute atomic E-state index is 0.0709. The highest BCUT2D eigenvalue weighted by atomic mass is 16.2. The lowest BCUT2D eigenvalue weighted by atomic mass is 9.99. The predicted octanol–water partition coefficient (Wildman–Crippen LogP) is 0.645.